The highest BCUT2D eigenvalue weighted by Gasteiger charge is 2.43. The Morgan fingerprint density at radius 3 is 2.59 bits per heavy atom. The molecule has 1 aliphatic rings. The molecule has 1 heterocycles. The van der Waals surface area contributed by atoms with Gasteiger partial charge in [0.25, 0.3) is 0 Å². The molecule has 29 heavy (non-hydrogen) atoms. The van der Waals surface area contributed by atoms with Gasteiger partial charge in [0.1, 0.15) is 0 Å². The molecule has 0 fully saturated rings. The van der Waals surface area contributed by atoms with E-state index in [0.29, 0.717) is 11.4 Å². The second-order valence-electron chi connectivity index (χ2n) is 6.30. The molecule has 1 N–H and O–H groups in total. The number of sulfonamides is 1. The van der Waals surface area contributed by atoms with E-state index in [0.717, 1.165) is 9.87 Å². The van der Waals surface area contributed by atoms with Crippen LogP contribution in [0, 0.1) is 0 Å². The number of alkyl halides is 2. The fourth-order valence-corrected chi connectivity index (χ4v) is 4.24. The van der Waals surface area contributed by atoms with Crippen LogP contribution in [-0.4, -0.2) is 44.8 Å². The number of ether oxygens (including phenoxy) is 2. The summed E-state index contributed by atoms with van der Waals surface area (Å²) in [5.41, 5.74) is 1.06. The molecule has 0 bridgehead atoms. The predicted molar refractivity (Wildman–Crippen MR) is 105 cm³/mol. The van der Waals surface area contributed by atoms with Crippen molar-refractivity contribution >= 4 is 33.4 Å². The topological polar surface area (TPSA) is 84.9 Å². The maximum atomic E-state index is 13.0. The molecule has 0 saturated carbocycles. The summed E-state index contributed by atoms with van der Waals surface area (Å²) >= 11 is 1.29. The summed E-state index contributed by atoms with van der Waals surface area (Å²) < 4.78 is 60.2. The molecule has 3 rings (SSSR count). The van der Waals surface area contributed by atoms with Gasteiger partial charge in [-0.3, -0.25) is 4.79 Å². The van der Waals surface area contributed by atoms with E-state index in [9.17, 15) is 22.0 Å². The number of hydrogen-bond donors (Lipinski definition) is 1. The zero-order valence-electron chi connectivity index (χ0n) is 15.5. The monoisotopic (exact) mass is 444 g/mol. The first-order chi connectivity index (χ1) is 13.6. The largest absolute Gasteiger partial charge is 0.586 e. The number of nitrogens with one attached hydrogen (secondary N) is 1. The second kappa shape index (κ2) is 8.17. The minimum Gasteiger partial charge on any atom is -0.395 e. The summed E-state index contributed by atoms with van der Waals surface area (Å²) in [5.74, 6) is -0.0701. The lowest BCUT2D eigenvalue weighted by molar-refractivity contribution is -0.286. The van der Waals surface area contributed by atoms with E-state index in [4.69, 9.17) is 0 Å². The zero-order chi connectivity index (χ0) is 21.2. The number of amides is 1. The van der Waals surface area contributed by atoms with Crippen LogP contribution >= 0.6 is 11.8 Å². The molecule has 0 aromatic heterocycles. The first-order valence-corrected chi connectivity index (χ1v) is 11.0. The Labute approximate surface area is 171 Å². The highest BCUT2D eigenvalue weighted by Crippen LogP contribution is 2.42. The standard InChI is InChI=1S/C18H18F2N2O5S2/c1-22(2)29(24,25)14-5-3-4-12(8-14)10-28-11-17(23)21-13-6-7-15-16(9-13)27-18(19,20)26-15/h3-9H,10-11H2,1-2H3,(H,21,23). The van der Waals surface area contributed by atoms with Crippen LogP contribution in [0.2, 0.25) is 0 Å². The maximum absolute atomic E-state index is 13.0. The summed E-state index contributed by atoms with van der Waals surface area (Å²) in [4.78, 5) is 12.3. The molecule has 0 atom stereocenters. The van der Waals surface area contributed by atoms with Crippen LogP contribution in [0.4, 0.5) is 14.5 Å². The molecule has 1 aliphatic heterocycles. The SMILES string of the molecule is CN(C)S(=O)(=O)c1cccc(CSCC(=O)Nc2ccc3c(c2)OC(F)(F)O3)c1. The number of rotatable bonds is 7. The molecule has 0 radical (unpaired) electrons. The molecule has 2 aromatic carbocycles. The van der Waals surface area contributed by atoms with E-state index in [1.807, 2.05) is 0 Å². The highest BCUT2D eigenvalue weighted by molar-refractivity contribution is 7.99. The van der Waals surface area contributed by atoms with Gasteiger partial charge in [0.15, 0.2) is 11.5 Å². The normalized spacial score (nSPS) is 14.8. The lowest BCUT2D eigenvalue weighted by Gasteiger charge is -2.12. The summed E-state index contributed by atoms with van der Waals surface area (Å²) in [6.07, 6.45) is -3.71. The van der Waals surface area contributed by atoms with Gasteiger partial charge < -0.3 is 14.8 Å². The van der Waals surface area contributed by atoms with Gasteiger partial charge in [0.05, 0.1) is 10.6 Å². The summed E-state index contributed by atoms with van der Waals surface area (Å²) in [6, 6.07) is 10.5. The van der Waals surface area contributed by atoms with E-state index in [1.165, 1.54) is 50.1 Å². The summed E-state index contributed by atoms with van der Waals surface area (Å²) in [6.45, 7) is 0. The first kappa shape index (κ1) is 21.3. The number of carbonyl (C=O) groups is 1. The Hall–Kier alpha value is -2.37. The van der Waals surface area contributed by atoms with E-state index in [-0.39, 0.29) is 28.1 Å². The van der Waals surface area contributed by atoms with Crippen molar-refractivity contribution in [2.75, 3.05) is 25.2 Å². The van der Waals surface area contributed by atoms with Crippen LogP contribution in [0.5, 0.6) is 11.5 Å². The quantitative estimate of drug-likeness (QED) is 0.706. The fraction of sp³-hybridized carbons (Fsp3) is 0.278. The van der Waals surface area contributed by atoms with Gasteiger partial charge in [-0.25, -0.2) is 12.7 Å². The number of carbonyl (C=O) groups excluding carboxylic acids is 1. The average Bonchev–Trinajstić information content (AvgIpc) is 2.95. The molecule has 2 aromatic rings. The van der Waals surface area contributed by atoms with Gasteiger partial charge in [0, 0.05) is 31.6 Å². The number of fused-ring (bicyclic) bond motifs is 1. The number of thioether (sulfide) groups is 1. The third-order valence-corrected chi connectivity index (χ3v) is 6.68. The van der Waals surface area contributed by atoms with E-state index in [1.54, 1.807) is 18.2 Å². The molecule has 156 valence electrons. The third kappa shape index (κ3) is 5.17. The average molecular weight is 444 g/mol. The molecular weight excluding hydrogens is 426 g/mol. The van der Waals surface area contributed by atoms with Crippen molar-refractivity contribution in [2.24, 2.45) is 0 Å². The van der Waals surface area contributed by atoms with Crippen molar-refractivity contribution in [3.05, 3.63) is 48.0 Å². The molecule has 0 aliphatic carbocycles. The fourth-order valence-electron chi connectivity index (χ4n) is 2.49. The maximum Gasteiger partial charge on any atom is 0.586 e. The van der Waals surface area contributed by atoms with Gasteiger partial charge in [-0.15, -0.1) is 20.5 Å². The van der Waals surface area contributed by atoms with Crippen LogP contribution in [0.1, 0.15) is 5.56 Å². The Balaban J connectivity index is 1.54. The number of nitrogens with zero attached hydrogens (tertiary/aromatic N) is 1. The van der Waals surface area contributed by atoms with Gasteiger partial charge in [0.2, 0.25) is 15.9 Å². The van der Waals surface area contributed by atoms with Crippen molar-refractivity contribution in [3.63, 3.8) is 0 Å². The van der Waals surface area contributed by atoms with Crippen LogP contribution in [0.25, 0.3) is 0 Å². The number of benzene rings is 2. The molecular formula is C18H18F2N2O5S2. The minimum atomic E-state index is -3.71. The number of halogens is 2. The predicted octanol–water partition coefficient (Wildman–Crippen LogP) is 3.13. The summed E-state index contributed by atoms with van der Waals surface area (Å²) in [7, 11) is -0.612. The Morgan fingerprint density at radius 1 is 1.14 bits per heavy atom. The molecule has 11 heteroatoms. The van der Waals surface area contributed by atoms with Crippen molar-refractivity contribution in [3.8, 4) is 11.5 Å². The van der Waals surface area contributed by atoms with E-state index in [2.05, 4.69) is 14.8 Å². The molecule has 0 spiro atoms. The smallest absolute Gasteiger partial charge is 0.395 e. The highest BCUT2D eigenvalue weighted by atomic mass is 32.2. The van der Waals surface area contributed by atoms with E-state index >= 15 is 0 Å². The van der Waals surface area contributed by atoms with Crippen LogP contribution < -0.4 is 14.8 Å². The second-order valence-corrected chi connectivity index (χ2v) is 9.44. The molecule has 0 saturated heterocycles. The Morgan fingerprint density at radius 2 is 1.86 bits per heavy atom. The minimum absolute atomic E-state index is 0.0925. The molecule has 1 amide bonds. The third-order valence-electron chi connectivity index (χ3n) is 3.86. The molecule has 0 unspecified atom stereocenters. The van der Waals surface area contributed by atoms with Crippen LogP contribution in [0.15, 0.2) is 47.4 Å². The lowest BCUT2D eigenvalue weighted by atomic mass is 10.2. The zero-order valence-corrected chi connectivity index (χ0v) is 17.1. The van der Waals surface area contributed by atoms with Gasteiger partial charge in [-0.05, 0) is 29.8 Å². The van der Waals surface area contributed by atoms with Crippen LogP contribution in [0.3, 0.4) is 0 Å². The molecule has 7 nitrogen and oxygen atoms in total. The number of hydrogen-bond acceptors (Lipinski definition) is 6. The lowest BCUT2D eigenvalue weighted by Crippen LogP contribution is -2.25. The Kier molecular flexibility index (Phi) is 6.01. The first-order valence-electron chi connectivity index (χ1n) is 8.36. The van der Waals surface area contributed by atoms with Gasteiger partial charge in [-0.2, -0.15) is 0 Å². The van der Waals surface area contributed by atoms with Gasteiger partial charge in [-0.1, -0.05) is 12.1 Å². The number of anilines is 1. The van der Waals surface area contributed by atoms with E-state index < -0.39 is 16.3 Å². The van der Waals surface area contributed by atoms with Crippen molar-refractivity contribution in [2.45, 2.75) is 16.9 Å². The summed E-state index contributed by atoms with van der Waals surface area (Å²) in [5, 5.41) is 2.59. The van der Waals surface area contributed by atoms with Gasteiger partial charge >= 0.3 is 6.29 Å². The van der Waals surface area contributed by atoms with Crippen molar-refractivity contribution in [1.29, 1.82) is 0 Å². The van der Waals surface area contributed by atoms with Crippen molar-refractivity contribution in [1.82, 2.24) is 4.31 Å². The van der Waals surface area contributed by atoms with Crippen LogP contribution in [-0.2, 0) is 20.6 Å². The Bertz CT molecular complexity index is 1030. The van der Waals surface area contributed by atoms with Crippen molar-refractivity contribution < 1.29 is 31.5 Å².